The molecule has 0 aliphatic heterocycles. The fourth-order valence-corrected chi connectivity index (χ4v) is 3.25. The van der Waals surface area contributed by atoms with Crippen LogP contribution in [0.15, 0.2) is 48.5 Å². The van der Waals surface area contributed by atoms with E-state index < -0.39 is 6.04 Å². The molecular formula is C24H33N3O3. The lowest BCUT2D eigenvalue weighted by Crippen LogP contribution is -2.45. The number of anilines is 2. The van der Waals surface area contributed by atoms with Crippen LogP contribution in [0.5, 0.6) is 5.75 Å². The molecule has 162 valence electrons. The van der Waals surface area contributed by atoms with Gasteiger partial charge in [-0.3, -0.25) is 14.5 Å². The summed E-state index contributed by atoms with van der Waals surface area (Å²) in [6.45, 7) is 8.76. The third kappa shape index (κ3) is 6.32. The Balaban J connectivity index is 2.00. The monoisotopic (exact) mass is 411 g/mol. The van der Waals surface area contributed by atoms with Crippen LogP contribution in [0.3, 0.4) is 0 Å². The van der Waals surface area contributed by atoms with Crippen molar-refractivity contribution in [3.05, 3.63) is 54.1 Å². The van der Waals surface area contributed by atoms with E-state index >= 15 is 0 Å². The van der Waals surface area contributed by atoms with Crippen molar-refractivity contribution in [3.8, 4) is 5.75 Å². The Bertz CT molecular complexity index is 836. The number of ether oxygens (including phenoxy) is 1. The second kappa shape index (κ2) is 11.4. The standard InChI is InChI=1S/C24H33N3O3/c1-6-17(3)21-10-8-9-11-22(21)26-24(29)18(4)27(7-2)16-23(28)25-19-12-14-20(30-5)15-13-19/h8-15,17-18H,6-7,16H2,1-5H3,(H,25,28)(H,26,29)/t17-,18-/m0/s1. The highest BCUT2D eigenvalue weighted by Gasteiger charge is 2.23. The van der Waals surface area contributed by atoms with Crippen LogP contribution in [0.4, 0.5) is 11.4 Å². The molecule has 2 atom stereocenters. The van der Waals surface area contributed by atoms with Crippen LogP contribution in [0.25, 0.3) is 0 Å². The number of nitrogens with one attached hydrogen (secondary N) is 2. The van der Waals surface area contributed by atoms with E-state index in [0.29, 0.717) is 18.2 Å². The average Bonchev–Trinajstić information content (AvgIpc) is 2.77. The van der Waals surface area contributed by atoms with Gasteiger partial charge in [-0.2, -0.15) is 0 Å². The number of carbonyl (C=O) groups is 2. The number of nitrogens with zero attached hydrogens (tertiary/aromatic N) is 1. The molecule has 0 saturated heterocycles. The van der Waals surface area contributed by atoms with Crippen molar-refractivity contribution in [3.63, 3.8) is 0 Å². The smallest absolute Gasteiger partial charge is 0.241 e. The van der Waals surface area contributed by atoms with Crippen molar-refractivity contribution in [2.75, 3.05) is 30.8 Å². The molecule has 0 saturated carbocycles. The molecule has 2 aromatic rings. The van der Waals surface area contributed by atoms with E-state index in [4.69, 9.17) is 4.74 Å². The molecule has 2 rings (SSSR count). The zero-order valence-electron chi connectivity index (χ0n) is 18.6. The van der Waals surface area contributed by atoms with E-state index in [9.17, 15) is 9.59 Å². The second-order valence-corrected chi connectivity index (χ2v) is 7.40. The van der Waals surface area contributed by atoms with Gasteiger partial charge in [0.05, 0.1) is 19.7 Å². The minimum atomic E-state index is -0.443. The lowest BCUT2D eigenvalue weighted by molar-refractivity contribution is -0.123. The van der Waals surface area contributed by atoms with Crippen molar-refractivity contribution >= 4 is 23.2 Å². The first-order valence-corrected chi connectivity index (χ1v) is 10.5. The molecule has 0 fully saturated rings. The van der Waals surface area contributed by atoms with Gasteiger partial charge in [0.15, 0.2) is 0 Å². The van der Waals surface area contributed by atoms with Gasteiger partial charge >= 0.3 is 0 Å². The Morgan fingerprint density at radius 3 is 2.27 bits per heavy atom. The number of para-hydroxylation sites is 1. The molecule has 0 heterocycles. The molecule has 6 nitrogen and oxygen atoms in total. The van der Waals surface area contributed by atoms with E-state index in [1.165, 1.54) is 0 Å². The molecule has 0 bridgehead atoms. The number of carbonyl (C=O) groups excluding carboxylic acids is 2. The molecule has 0 unspecified atom stereocenters. The van der Waals surface area contributed by atoms with Gasteiger partial charge in [-0.05, 0) is 61.7 Å². The maximum atomic E-state index is 12.9. The summed E-state index contributed by atoms with van der Waals surface area (Å²) < 4.78 is 5.13. The molecular weight excluding hydrogens is 378 g/mol. The fourth-order valence-electron chi connectivity index (χ4n) is 3.25. The Kier molecular flexibility index (Phi) is 8.87. The van der Waals surface area contributed by atoms with E-state index in [0.717, 1.165) is 23.4 Å². The van der Waals surface area contributed by atoms with Gasteiger partial charge < -0.3 is 15.4 Å². The van der Waals surface area contributed by atoms with Crippen LogP contribution in [0.1, 0.15) is 45.6 Å². The van der Waals surface area contributed by atoms with Gasteiger partial charge in [0.25, 0.3) is 0 Å². The summed E-state index contributed by atoms with van der Waals surface area (Å²) >= 11 is 0. The van der Waals surface area contributed by atoms with Crippen LogP contribution in [0, 0.1) is 0 Å². The summed E-state index contributed by atoms with van der Waals surface area (Å²) in [7, 11) is 1.60. The number of hydrogen-bond donors (Lipinski definition) is 2. The Hall–Kier alpha value is -2.86. The van der Waals surface area contributed by atoms with Crippen LogP contribution in [-0.2, 0) is 9.59 Å². The first-order valence-electron chi connectivity index (χ1n) is 10.5. The highest BCUT2D eigenvalue weighted by molar-refractivity contribution is 5.96. The minimum Gasteiger partial charge on any atom is -0.497 e. The lowest BCUT2D eigenvalue weighted by Gasteiger charge is -2.27. The molecule has 2 N–H and O–H groups in total. The predicted octanol–water partition coefficient (Wildman–Crippen LogP) is 4.50. The minimum absolute atomic E-state index is 0.121. The largest absolute Gasteiger partial charge is 0.497 e. The summed E-state index contributed by atoms with van der Waals surface area (Å²) in [4.78, 5) is 27.2. The fraction of sp³-hybridized carbons (Fsp3) is 0.417. The van der Waals surface area contributed by atoms with Crippen LogP contribution < -0.4 is 15.4 Å². The highest BCUT2D eigenvalue weighted by atomic mass is 16.5. The summed E-state index contributed by atoms with van der Waals surface area (Å²) in [5, 5.41) is 5.92. The van der Waals surface area contributed by atoms with Gasteiger partial charge in [-0.1, -0.05) is 39.0 Å². The first-order chi connectivity index (χ1) is 14.4. The quantitative estimate of drug-likeness (QED) is 0.604. The van der Waals surface area contributed by atoms with Crippen molar-refractivity contribution in [1.29, 1.82) is 0 Å². The average molecular weight is 412 g/mol. The zero-order chi connectivity index (χ0) is 22.1. The number of amides is 2. The molecule has 2 aromatic carbocycles. The number of benzene rings is 2. The second-order valence-electron chi connectivity index (χ2n) is 7.40. The van der Waals surface area contributed by atoms with E-state index in [-0.39, 0.29) is 18.4 Å². The third-order valence-electron chi connectivity index (χ3n) is 5.42. The van der Waals surface area contributed by atoms with Gasteiger partial charge in [0.2, 0.25) is 11.8 Å². The molecule has 0 aliphatic carbocycles. The molecule has 6 heteroatoms. The third-order valence-corrected chi connectivity index (χ3v) is 5.42. The van der Waals surface area contributed by atoms with Crippen LogP contribution in [-0.4, -0.2) is 43.0 Å². The molecule has 0 spiro atoms. The summed E-state index contributed by atoms with van der Waals surface area (Å²) in [6.07, 6.45) is 0.995. The maximum Gasteiger partial charge on any atom is 0.241 e. The number of hydrogen-bond acceptors (Lipinski definition) is 4. The molecule has 0 radical (unpaired) electrons. The van der Waals surface area contributed by atoms with Gasteiger partial charge in [0.1, 0.15) is 5.75 Å². The zero-order valence-corrected chi connectivity index (χ0v) is 18.6. The van der Waals surface area contributed by atoms with Crippen molar-refractivity contribution in [2.45, 2.75) is 46.1 Å². The van der Waals surface area contributed by atoms with Crippen molar-refractivity contribution in [2.24, 2.45) is 0 Å². The molecule has 30 heavy (non-hydrogen) atoms. The topological polar surface area (TPSA) is 70.7 Å². The van der Waals surface area contributed by atoms with Crippen molar-refractivity contribution < 1.29 is 14.3 Å². The summed E-state index contributed by atoms with van der Waals surface area (Å²) in [6, 6.07) is 14.6. The molecule has 2 amide bonds. The predicted molar refractivity (Wildman–Crippen MR) is 122 cm³/mol. The van der Waals surface area contributed by atoms with Gasteiger partial charge in [-0.15, -0.1) is 0 Å². The summed E-state index contributed by atoms with van der Waals surface area (Å²) in [5.41, 5.74) is 2.65. The summed E-state index contributed by atoms with van der Waals surface area (Å²) in [5.74, 6) is 0.798. The Morgan fingerprint density at radius 2 is 1.67 bits per heavy atom. The number of rotatable bonds is 10. The van der Waals surface area contributed by atoms with Crippen molar-refractivity contribution in [1.82, 2.24) is 4.90 Å². The highest BCUT2D eigenvalue weighted by Crippen LogP contribution is 2.26. The Labute approximate surface area is 179 Å². The lowest BCUT2D eigenvalue weighted by atomic mass is 9.97. The maximum absolute atomic E-state index is 12.9. The van der Waals surface area contributed by atoms with E-state index in [2.05, 4.69) is 24.5 Å². The van der Waals surface area contributed by atoms with E-state index in [1.54, 1.807) is 31.4 Å². The first kappa shape index (κ1) is 23.4. The van der Waals surface area contributed by atoms with Crippen LogP contribution in [0.2, 0.25) is 0 Å². The molecule has 0 aromatic heterocycles. The number of likely N-dealkylation sites (N-methyl/N-ethyl adjacent to an activating group) is 1. The number of methoxy groups -OCH3 is 1. The normalized spacial score (nSPS) is 12.9. The molecule has 0 aliphatic rings. The SMILES string of the molecule is CC[C@H](C)c1ccccc1NC(=O)[C@H](C)N(CC)CC(=O)Nc1ccc(OC)cc1. The van der Waals surface area contributed by atoms with E-state index in [1.807, 2.05) is 43.0 Å². The van der Waals surface area contributed by atoms with Gasteiger partial charge in [0, 0.05) is 11.4 Å². The Morgan fingerprint density at radius 1 is 1.00 bits per heavy atom. The van der Waals surface area contributed by atoms with Gasteiger partial charge in [-0.25, -0.2) is 0 Å². The van der Waals surface area contributed by atoms with Crippen LogP contribution >= 0.6 is 0 Å².